The molecule has 0 N–H and O–H groups in total. The largest absolute Gasteiger partial charge is 0.497 e. The van der Waals surface area contributed by atoms with E-state index in [2.05, 4.69) is 0 Å². The van der Waals surface area contributed by atoms with Crippen LogP contribution in [-0.4, -0.2) is 11.3 Å². The zero-order chi connectivity index (χ0) is 14.5. The topological polar surface area (TPSA) is 50.1 Å². The predicted octanol–water partition coefficient (Wildman–Crippen LogP) is 3.01. The van der Waals surface area contributed by atoms with Gasteiger partial charge in [-0.05, 0) is 30.3 Å². The Morgan fingerprint density at radius 3 is 2.75 bits per heavy atom. The summed E-state index contributed by atoms with van der Waals surface area (Å²) in [5, 5.41) is 8.68. The fourth-order valence-electron chi connectivity index (χ4n) is 1.70. The molecule has 0 bridgehead atoms. The normalized spacial score (nSPS) is 11.7. The van der Waals surface area contributed by atoms with Crippen LogP contribution >= 0.6 is 0 Å². The highest BCUT2D eigenvalue weighted by atomic mass is 32.2. The van der Waals surface area contributed by atoms with Gasteiger partial charge < -0.3 is 4.74 Å². The molecule has 0 radical (unpaired) electrons. The van der Waals surface area contributed by atoms with E-state index in [0.29, 0.717) is 16.2 Å². The molecule has 0 amide bonds. The van der Waals surface area contributed by atoms with Gasteiger partial charge in [0.1, 0.15) is 11.6 Å². The van der Waals surface area contributed by atoms with Crippen LogP contribution in [-0.2, 0) is 16.6 Å². The highest BCUT2D eigenvalue weighted by molar-refractivity contribution is 7.84. The van der Waals surface area contributed by atoms with Gasteiger partial charge in [0, 0.05) is 10.5 Å². The van der Waals surface area contributed by atoms with E-state index in [9.17, 15) is 8.60 Å². The average Bonchev–Trinajstić information content (AvgIpc) is 2.49. The molecule has 0 heterocycles. The van der Waals surface area contributed by atoms with E-state index in [1.54, 1.807) is 24.3 Å². The lowest BCUT2D eigenvalue weighted by Crippen LogP contribution is -2.00. The molecule has 0 saturated carbocycles. The van der Waals surface area contributed by atoms with Crippen LogP contribution in [0, 0.1) is 17.1 Å². The molecule has 2 aromatic rings. The third kappa shape index (κ3) is 3.22. The van der Waals surface area contributed by atoms with Gasteiger partial charge in [0.2, 0.25) is 0 Å². The van der Waals surface area contributed by atoms with E-state index >= 15 is 0 Å². The zero-order valence-corrected chi connectivity index (χ0v) is 11.6. The maximum atomic E-state index is 13.7. The standard InChI is InChI=1S/C15H12FNO2S/c1-19-13-3-2-4-14(8-13)20(18)10-12-6-5-11(9-17)7-15(12)16/h2-8H,10H2,1H3. The quantitative estimate of drug-likeness (QED) is 0.869. The summed E-state index contributed by atoms with van der Waals surface area (Å²) in [7, 11) is 0.162. The number of halogens is 1. The molecule has 0 spiro atoms. The summed E-state index contributed by atoms with van der Waals surface area (Å²) in [4.78, 5) is 0.577. The Morgan fingerprint density at radius 2 is 2.10 bits per heavy atom. The van der Waals surface area contributed by atoms with Gasteiger partial charge in [0.15, 0.2) is 0 Å². The molecule has 5 heteroatoms. The molecule has 0 aromatic heterocycles. The number of hydrogen-bond acceptors (Lipinski definition) is 3. The van der Waals surface area contributed by atoms with Gasteiger partial charge in [0.05, 0.1) is 35.3 Å². The molecule has 0 aliphatic heterocycles. The first kappa shape index (κ1) is 14.2. The monoisotopic (exact) mass is 289 g/mol. The minimum Gasteiger partial charge on any atom is -0.497 e. The summed E-state index contributed by atoms with van der Waals surface area (Å²) in [6, 6.07) is 12.9. The van der Waals surface area contributed by atoms with Gasteiger partial charge in [-0.3, -0.25) is 4.21 Å². The van der Waals surface area contributed by atoms with Gasteiger partial charge in [-0.25, -0.2) is 4.39 Å². The van der Waals surface area contributed by atoms with Crippen LogP contribution in [0.25, 0.3) is 0 Å². The lowest BCUT2D eigenvalue weighted by molar-refractivity contribution is 0.413. The number of hydrogen-bond donors (Lipinski definition) is 0. The fourth-order valence-corrected chi connectivity index (χ4v) is 2.86. The summed E-state index contributed by atoms with van der Waals surface area (Å²) in [6.45, 7) is 0. The molecule has 1 unspecified atom stereocenters. The second kappa shape index (κ2) is 6.31. The number of rotatable bonds is 4. The Hall–Kier alpha value is -2.19. The van der Waals surface area contributed by atoms with Crippen LogP contribution < -0.4 is 4.74 Å². The molecular formula is C15H12FNO2S. The number of methoxy groups -OCH3 is 1. The van der Waals surface area contributed by atoms with Crippen molar-refractivity contribution in [3.8, 4) is 11.8 Å². The molecule has 0 aliphatic carbocycles. The van der Waals surface area contributed by atoms with Crippen molar-refractivity contribution in [2.75, 3.05) is 7.11 Å². The minimum absolute atomic E-state index is 0.0602. The van der Waals surface area contributed by atoms with E-state index in [1.807, 2.05) is 6.07 Å². The van der Waals surface area contributed by atoms with Crippen molar-refractivity contribution in [2.24, 2.45) is 0 Å². The minimum atomic E-state index is -1.37. The van der Waals surface area contributed by atoms with Crippen molar-refractivity contribution in [3.63, 3.8) is 0 Å². The molecule has 2 rings (SSSR count). The van der Waals surface area contributed by atoms with E-state index in [0.717, 1.165) is 6.07 Å². The van der Waals surface area contributed by atoms with Gasteiger partial charge in [-0.1, -0.05) is 12.1 Å². The molecule has 1 atom stereocenters. The molecule has 2 aromatic carbocycles. The maximum absolute atomic E-state index is 13.7. The van der Waals surface area contributed by atoms with Crippen molar-refractivity contribution in [1.82, 2.24) is 0 Å². The summed E-state index contributed by atoms with van der Waals surface area (Å²) in [6.07, 6.45) is 0. The Balaban J connectivity index is 2.21. The summed E-state index contributed by atoms with van der Waals surface area (Å²) in [5.41, 5.74) is 0.573. The average molecular weight is 289 g/mol. The Kier molecular flexibility index (Phi) is 4.49. The number of nitrogens with zero attached hydrogens (tertiary/aromatic N) is 1. The predicted molar refractivity (Wildman–Crippen MR) is 74.2 cm³/mol. The summed E-state index contributed by atoms with van der Waals surface area (Å²) >= 11 is 0. The van der Waals surface area contributed by atoms with Gasteiger partial charge >= 0.3 is 0 Å². The fraction of sp³-hybridized carbons (Fsp3) is 0.133. The number of ether oxygens (including phenoxy) is 1. The van der Waals surface area contributed by atoms with Gasteiger partial charge in [0.25, 0.3) is 0 Å². The zero-order valence-electron chi connectivity index (χ0n) is 10.8. The molecule has 20 heavy (non-hydrogen) atoms. The van der Waals surface area contributed by atoms with Gasteiger partial charge in [-0.15, -0.1) is 0 Å². The van der Waals surface area contributed by atoms with Crippen LogP contribution in [0.4, 0.5) is 4.39 Å². The van der Waals surface area contributed by atoms with Crippen LogP contribution in [0.2, 0.25) is 0 Å². The van der Waals surface area contributed by atoms with Crippen LogP contribution in [0.3, 0.4) is 0 Å². The van der Waals surface area contributed by atoms with Crippen molar-refractivity contribution in [1.29, 1.82) is 5.26 Å². The van der Waals surface area contributed by atoms with E-state index in [4.69, 9.17) is 10.00 Å². The lowest BCUT2D eigenvalue weighted by atomic mass is 10.1. The Bertz CT molecular complexity index is 695. The first-order valence-electron chi connectivity index (χ1n) is 5.85. The molecular weight excluding hydrogens is 277 g/mol. The smallest absolute Gasteiger partial charge is 0.128 e. The highest BCUT2D eigenvalue weighted by Crippen LogP contribution is 2.19. The van der Waals surface area contributed by atoms with E-state index in [-0.39, 0.29) is 11.3 Å². The third-order valence-corrected chi connectivity index (χ3v) is 4.13. The highest BCUT2D eigenvalue weighted by Gasteiger charge is 2.10. The first-order valence-corrected chi connectivity index (χ1v) is 7.17. The molecule has 3 nitrogen and oxygen atoms in total. The van der Waals surface area contributed by atoms with Crippen molar-refractivity contribution < 1.29 is 13.3 Å². The second-order valence-corrected chi connectivity index (χ2v) is 5.54. The summed E-state index contributed by atoms with van der Waals surface area (Å²) in [5.74, 6) is 0.154. The molecule has 0 fully saturated rings. The van der Waals surface area contributed by atoms with E-state index in [1.165, 1.54) is 19.2 Å². The third-order valence-electron chi connectivity index (χ3n) is 2.77. The SMILES string of the molecule is COc1cccc(S(=O)Cc2ccc(C#N)cc2F)c1. The van der Waals surface area contributed by atoms with Crippen LogP contribution in [0.15, 0.2) is 47.4 Å². The summed E-state index contributed by atoms with van der Waals surface area (Å²) < 4.78 is 31.0. The van der Waals surface area contributed by atoms with Crippen molar-refractivity contribution >= 4 is 10.8 Å². The lowest BCUT2D eigenvalue weighted by Gasteiger charge is -2.06. The molecule has 0 aliphatic rings. The second-order valence-electron chi connectivity index (χ2n) is 4.09. The Morgan fingerprint density at radius 1 is 1.30 bits per heavy atom. The molecule has 0 saturated heterocycles. The van der Waals surface area contributed by atoms with Gasteiger partial charge in [-0.2, -0.15) is 5.26 Å². The maximum Gasteiger partial charge on any atom is 0.128 e. The van der Waals surface area contributed by atoms with Crippen LogP contribution in [0.1, 0.15) is 11.1 Å². The first-order chi connectivity index (χ1) is 9.63. The van der Waals surface area contributed by atoms with Crippen molar-refractivity contribution in [3.05, 3.63) is 59.4 Å². The van der Waals surface area contributed by atoms with Crippen molar-refractivity contribution in [2.45, 2.75) is 10.6 Å². The molecule has 102 valence electrons. The van der Waals surface area contributed by atoms with Crippen LogP contribution in [0.5, 0.6) is 5.75 Å². The number of nitriles is 1. The number of benzene rings is 2. The van der Waals surface area contributed by atoms with E-state index < -0.39 is 16.6 Å². The Labute approximate surface area is 119 Å².